The lowest BCUT2D eigenvalue weighted by Crippen LogP contribution is -2.21. The van der Waals surface area contributed by atoms with Gasteiger partial charge in [0.25, 0.3) is 0 Å². The van der Waals surface area contributed by atoms with Gasteiger partial charge < -0.3 is 10.5 Å². The molecule has 1 heterocycles. The van der Waals surface area contributed by atoms with Gasteiger partial charge in [-0.3, -0.25) is 4.68 Å². The van der Waals surface area contributed by atoms with Crippen molar-refractivity contribution in [3.05, 3.63) is 11.9 Å². The van der Waals surface area contributed by atoms with E-state index in [-0.39, 0.29) is 6.04 Å². The monoisotopic (exact) mass is 251 g/mol. The van der Waals surface area contributed by atoms with E-state index >= 15 is 0 Å². The van der Waals surface area contributed by atoms with Crippen LogP contribution in [0.4, 0.5) is 0 Å². The lowest BCUT2D eigenvalue weighted by molar-refractivity contribution is 0.309. The highest BCUT2D eigenvalue weighted by molar-refractivity contribution is 5.28. The normalized spacial score (nSPS) is 18.8. The molecule has 1 saturated carbocycles. The fourth-order valence-electron chi connectivity index (χ4n) is 3.05. The first-order valence-corrected chi connectivity index (χ1v) is 7.11. The molecular formula is C14H25N3O. The van der Waals surface area contributed by atoms with E-state index in [9.17, 15) is 0 Å². The fraction of sp³-hybridized carbons (Fsp3) is 0.786. The number of aryl methyl sites for hydroxylation is 1. The van der Waals surface area contributed by atoms with Crippen LogP contribution in [0.1, 0.15) is 57.2 Å². The molecule has 4 nitrogen and oxygen atoms in total. The predicted octanol–water partition coefficient (Wildman–Crippen LogP) is 2.88. The molecule has 0 bridgehead atoms. The number of nitrogens with two attached hydrogens (primary N) is 1. The Balaban J connectivity index is 2.06. The standard InChI is InChI=1S/C14H25N3O/c1-3-17-14(13(18-2)10-16-17)12(15)9-11-7-5-4-6-8-11/h10-12H,3-9,15H2,1-2H3. The van der Waals surface area contributed by atoms with E-state index in [1.165, 1.54) is 32.1 Å². The largest absolute Gasteiger partial charge is 0.493 e. The van der Waals surface area contributed by atoms with Gasteiger partial charge in [0.2, 0.25) is 0 Å². The summed E-state index contributed by atoms with van der Waals surface area (Å²) in [5, 5.41) is 4.33. The average Bonchev–Trinajstić information content (AvgIpc) is 2.82. The summed E-state index contributed by atoms with van der Waals surface area (Å²) in [5.74, 6) is 1.61. The van der Waals surface area contributed by atoms with Crippen LogP contribution in [0.2, 0.25) is 0 Å². The minimum absolute atomic E-state index is 0.0468. The van der Waals surface area contributed by atoms with Gasteiger partial charge in [-0.15, -0.1) is 0 Å². The average molecular weight is 251 g/mol. The van der Waals surface area contributed by atoms with E-state index < -0.39 is 0 Å². The fourth-order valence-corrected chi connectivity index (χ4v) is 3.05. The highest BCUT2D eigenvalue weighted by Gasteiger charge is 2.23. The Morgan fingerprint density at radius 1 is 1.44 bits per heavy atom. The second-order valence-corrected chi connectivity index (χ2v) is 5.26. The first-order chi connectivity index (χ1) is 8.76. The number of methoxy groups -OCH3 is 1. The third kappa shape index (κ3) is 2.86. The Hall–Kier alpha value is -1.03. The number of ether oxygens (including phenoxy) is 1. The molecule has 0 spiro atoms. The van der Waals surface area contributed by atoms with E-state index in [2.05, 4.69) is 12.0 Å². The number of aromatic nitrogens is 2. The molecule has 1 unspecified atom stereocenters. The quantitative estimate of drug-likeness (QED) is 0.875. The smallest absolute Gasteiger partial charge is 0.161 e. The van der Waals surface area contributed by atoms with Gasteiger partial charge in [-0.1, -0.05) is 32.1 Å². The molecule has 0 aliphatic heterocycles. The molecule has 1 atom stereocenters. The zero-order valence-corrected chi connectivity index (χ0v) is 11.6. The molecule has 0 aromatic carbocycles. The molecular weight excluding hydrogens is 226 g/mol. The van der Waals surface area contributed by atoms with E-state index in [0.29, 0.717) is 0 Å². The van der Waals surface area contributed by atoms with Gasteiger partial charge in [0.1, 0.15) is 0 Å². The van der Waals surface area contributed by atoms with E-state index in [4.69, 9.17) is 10.5 Å². The lowest BCUT2D eigenvalue weighted by atomic mass is 9.84. The highest BCUT2D eigenvalue weighted by Crippen LogP contribution is 2.33. The molecule has 1 fully saturated rings. The molecule has 102 valence electrons. The van der Waals surface area contributed by atoms with Crippen LogP contribution in [0.3, 0.4) is 0 Å². The van der Waals surface area contributed by atoms with Crippen LogP contribution in [0.5, 0.6) is 5.75 Å². The predicted molar refractivity (Wildman–Crippen MR) is 72.6 cm³/mol. The van der Waals surface area contributed by atoms with Crippen LogP contribution in [0.15, 0.2) is 6.20 Å². The number of nitrogens with zero attached hydrogens (tertiary/aromatic N) is 2. The Morgan fingerprint density at radius 2 is 2.17 bits per heavy atom. The van der Waals surface area contributed by atoms with Gasteiger partial charge in [-0.25, -0.2) is 0 Å². The highest BCUT2D eigenvalue weighted by atomic mass is 16.5. The minimum Gasteiger partial charge on any atom is -0.493 e. The Bertz CT molecular complexity index is 348. The number of hydrogen-bond donors (Lipinski definition) is 1. The van der Waals surface area contributed by atoms with E-state index in [1.54, 1.807) is 13.3 Å². The summed E-state index contributed by atoms with van der Waals surface area (Å²) < 4.78 is 7.34. The Kier molecular flexibility index (Phi) is 4.64. The first-order valence-electron chi connectivity index (χ1n) is 7.11. The molecule has 18 heavy (non-hydrogen) atoms. The molecule has 1 aromatic rings. The van der Waals surface area contributed by atoms with Gasteiger partial charge in [0.05, 0.1) is 25.0 Å². The number of rotatable bonds is 5. The van der Waals surface area contributed by atoms with Gasteiger partial charge >= 0.3 is 0 Å². The summed E-state index contributed by atoms with van der Waals surface area (Å²) in [6.45, 7) is 2.93. The zero-order chi connectivity index (χ0) is 13.0. The molecule has 1 aliphatic carbocycles. The SMILES string of the molecule is CCn1ncc(OC)c1C(N)CC1CCCCC1. The van der Waals surface area contributed by atoms with Crippen LogP contribution in [-0.4, -0.2) is 16.9 Å². The van der Waals surface area contributed by atoms with Gasteiger partial charge in [0, 0.05) is 6.54 Å². The van der Waals surface area contributed by atoms with E-state index in [1.807, 2.05) is 4.68 Å². The van der Waals surface area contributed by atoms with Gasteiger partial charge in [0.15, 0.2) is 5.75 Å². The topological polar surface area (TPSA) is 53.1 Å². The summed E-state index contributed by atoms with van der Waals surface area (Å²) in [6.07, 6.45) is 9.61. The first kappa shape index (κ1) is 13.4. The van der Waals surface area contributed by atoms with Crippen molar-refractivity contribution in [3.63, 3.8) is 0 Å². The zero-order valence-electron chi connectivity index (χ0n) is 11.6. The second kappa shape index (κ2) is 6.23. The van der Waals surface area contributed by atoms with Gasteiger partial charge in [-0.05, 0) is 19.3 Å². The van der Waals surface area contributed by atoms with Crippen molar-refractivity contribution in [1.29, 1.82) is 0 Å². The Labute approximate surface area is 110 Å². The molecule has 0 amide bonds. The summed E-state index contributed by atoms with van der Waals surface area (Å²) in [6, 6.07) is 0.0468. The molecule has 2 N–H and O–H groups in total. The van der Waals surface area contributed by atoms with Crippen molar-refractivity contribution in [2.45, 2.75) is 58.0 Å². The maximum atomic E-state index is 6.38. The van der Waals surface area contributed by atoms with Crippen molar-refractivity contribution in [1.82, 2.24) is 9.78 Å². The van der Waals surface area contributed by atoms with Crippen molar-refractivity contribution in [2.24, 2.45) is 11.7 Å². The molecule has 0 radical (unpaired) electrons. The molecule has 1 aliphatic rings. The van der Waals surface area contributed by atoms with Gasteiger partial charge in [-0.2, -0.15) is 5.10 Å². The summed E-state index contributed by atoms with van der Waals surface area (Å²) in [5.41, 5.74) is 7.44. The van der Waals surface area contributed by atoms with E-state index in [0.717, 1.165) is 30.3 Å². The minimum atomic E-state index is 0.0468. The number of hydrogen-bond acceptors (Lipinski definition) is 3. The van der Waals surface area contributed by atoms with Crippen LogP contribution in [-0.2, 0) is 6.54 Å². The summed E-state index contributed by atoms with van der Waals surface area (Å²) in [4.78, 5) is 0. The van der Waals surface area contributed by atoms with Crippen molar-refractivity contribution in [2.75, 3.05) is 7.11 Å². The van der Waals surface area contributed by atoms with Crippen LogP contribution < -0.4 is 10.5 Å². The maximum Gasteiger partial charge on any atom is 0.161 e. The second-order valence-electron chi connectivity index (χ2n) is 5.26. The summed E-state index contributed by atoms with van der Waals surface area (Å²) >= 11 is 0. The van der Waals surface area contributed by atoms with Crippen molar-refractivity contribution < 1.29 is 4.74 Å². The lowest BCUT2D eigenvalue weighted by Gasteiger charge is -2.25. The van der Waals surface area contributed by atoms with Crippen molar-refractivity contribution in [3.8, 4) is 5.75 Å². The Morgan fingerprint density at radius 3 is 2.78 bits per heavy atom. The van der Waals surface area contributed by atoms with Crippen LogP contribution in [0.25, 0.3) is 0 Å². The third-order valence-corrected chi connectivity index (χ3v) is 4.03. The maximum absolute atomic E-state index is 6.38. The van der Waals surface area contributed by atoms with Crippen molar-refractivity contribution >= 4 is 0 Å². The third-order valence-electron chi connectivity index (χ3n) is 4.03. The van der Waals surface area contributed by atoms with Crippen LogP contribution >= 0.6 is 0 Å². The molecule has 1 aromatic heterocycles. The summed E-state index contributed by atoms with van der Waals surface area (Å²) in [7, 11) is 1.69. The molecule has 4 heteroatoms. The van der Waals surface area contributed by atoms with Crippen LogP contribution in [0, 0.1) is 5.92 Å². The molecule has 0 saturated heterocycles. The molecule has 2 rings (SSSR count).